The van der Waals surface area contributed by atoms with E-state index >= 15 is 0 Å². The SMILES string of the molecule is N#Cc1ccc(Oc2cc(Cl)ccc2C#N)c(F)c1. The van der Waals surface area contributed by atoms with Gasteiger partial charge in [0.05, 0.1) is 17.2 Å². The molecule has 0 aliphatic heterocycles. The number of ether oxygens (including phenoxy) is 1. The van der Waals surface area contributed by atoms with Crippen LogP contribution in [-0.4, -0.2) is 0 Å². The Morgan fingerprint density at radius 3 is 2.42 bits per heavy atom. The van der Waals surface area contributed by atoms with Gasteiger partial charge in [-0.3, -0.25) is 0 Å². The Kier molecular flexibility index (Phi) is 3.66. The van der Waals surface area contributed by atoms with E-state index in [-0.39, 0.29) is 22.6 Å². The lowest BCUT2D eigenvalue weighted by Crippen LogP contribution is -1.92. The van der Waals surface area contributed by atoms with E-state index in [1.165, 1.54) is 24.3 Å². The molecule has 0 heterocycles. The third-order valence-corrected chi connectivity index (χ3v) is 2.58. The Balaban J connectivity index is 2.40. The molecule has 0 unspecified atom stereocenters. The molecule has 0 fully saturated rings. The van der Waals surface area contributed by atoms with Crippen LogP contribution in [0.3, 0.4) is 0 Å². The van der Waals surface area contributed by atoms with Gasteiger partial charge in [0, 0.05) is 11.1 Å². The molecule has 0 aliphatic rings. The predicted molar refractivity (Wildman–Crippen MR) is 67.4 cm³/mol. The van der Waals surface area contributed by atoms with Crippen LogP contribution in [0.2, 0.25) is 5.02 Å². The molecule has 2 rings (SSSR count). The van der Waals surface area contributed by atoms with Crippen molar-refractivity contribution < 1.29 is 9.13 Å². The molecule has 5 heteroatoms. The van der Waals surface area contributed by atoms with Gasteiger partial charge in [-0.1, -0.05) is 11.6 Å². The van der Waals surface area contributed by atoms with E-state index in [1.54, 1.807) is 6.07 Å². The fourth-order valence-electron chi connectivity index (χ4n) is 1.44. The second kappa shape index (κ2) is 5.39. The molecule has 0 aromatic heterocycles. The van der Waals surface area contributed by atoms with E-state index in [1.807, 2.05) is 12.1 Å². The quantitative estimate of drug-likeness (QED) is 0.830. The second-order valence-electron chi connectivity index (χ2n) is 3.61. The maximum absolute atomic E-state index is 13.7. The third-order valence-electron chi connectivity index (χ3n) is 2.35. The van der Waals surface area contributed by atoms with E-state index in [0.29, 0.717) is 5.02 Å². The Bertz CT molecular complexity index is 716. The van der Waals surface area contributed by atoms with Crippen LogP contribution in [0, 0.1) is 28.5 Å². The summed E-state index contributed by atoms with van der Waals surface area (Å²) in [4.78, 5) is 0. The van der Waals surface area contributed by atoms with Gasteiger partial charge < -0.3 is 4.74 Å². The van der Waals surface area contributed by atoms with Crippen molar-refractivity contribution in [2.45, 2.75) is 0 Å². The zero-order valence-corrected chi connectivity index (χ0v) is 10.3. The van der Waals surface area contributed by atoms with Crippen molar-refractivity contribution in [3.8, 4) is 23.6 Å². The third kappa shape index (κ3) is 2.82. The summed E-state index contributed by atoms with van der Waals surface area (Å²) in [6, 6.07) is 12.0. The predicted octanol–water partition coefficient (Wildman–Crippen LogP) is 4.01. The van der Waals surface area contributed by atoms with E-state index in [9.17, 15) is 4.39 Å². The van der Waals surface area contributed by atoms with Crippen LogP contribution in [0.4, 0.5) is 4.39 Å². The molecule has 0 radical (unpaired) electrons. The standard InChI is InChI=1S/C14H6ClFN2O/c15-11-3-2-10(8-18)14(6-11)19-13-4-1-9(7-17)5-12(13)16/h1-6H. The molecule has 2 aromatic rings. The van der Waals surface area contributed by atoms with Crippen LogP contribution in [0.25, 0.3) is 0 Å². The summed E-state index contributed by atoms with van der Waals surface area (Å²) in [6.07, 6.45) is 0. The highest BCUT2D eigenvalue weighted by Crippen LogP contribution is 2.29. The summed E-state index contributed by atoms with van der Waals surface area (Å²) < 4.78 is 19.0. The molecule has 19 heavy (non-hydrogen) atoms. The van der Waals surface area contributed by atoms with Gasteiger partial charge in [-0.15, -0.1) is 0 Å². The highest BCUT2D eigenvalue weighted by molar-refractivity contribution is 6.30. The summed E-state index contributed by atoms with van der Waals surface area (Å²) in [6.45, 7) is 0. The molecule has 0 amide bonds. The number of halogens is 2. The summed E-state index contributed by atoms with van der Waals surface area (Å²) in [5.74, 6) is -0.584. The van der Waals surface area contributed by atoms with Crippen molar-refractivity contribution in [3.63, 3.8) is 0 Å². The van der Waals surface area contributed by atoms with Crippen molar-refractivity contribution >= 4 is 11.6 Å². The first-order chi connectivity index (χ1) is 9.13. The minimum atomic E-state index is -0.678. The topological polar surface area (TPSA) is 56.8 Å². The van der Waals surface area contributed by atoms with Crippen LogP contribution in [0.15, 0.2) is 36.4 Å². The fourth-order valence-corrected chi connectivity index (χ4v) is 1.61. The average Bonchev–Trinajstić information content (AvgIpc) is 2.41. The van der Waals surface area contributed by atoms with E-state index in [4.69, 9.17) is 26.9 Å². The van der Waals surface area contributed by atoms with E-state index < -0.39 is 5.82 Å². The van der Waals surface area contributed by atoms with E-state index in [0.717, 1.165) is 6.07 Å². The van der Waals surface area contributed by atoms with Crippen LogP contribution in [0.5, 0.6) is 11.5 Å². The largest absolute Gasteiger partial charge is 0.453 e. The Morgan fingerprint density at radius 1 is 1.00 bits per heavy atom. The molecular formula is C14H6ClFN2O. The van der Waals surface area contributed by atoms with Crippen LogP contribution in [0.1, 0.15) is 11.1 Å². The summed E-state index contributed by atoms with van der Waals surface area (Å²) in [7, 11) is 0. The molecule has 3 nitrogen and oxygen atoms in total. The highest BCUT2D eigenvalue weighted by Gasteiger charge is 2.10. The lowest BCUT2D eigenvalue weighted by Gasteiger charge is -2.08. The number of hydrogen-bond acceptors (Lipinski definition) is 3. The second-order valence-corrected chi connectivity index (χ2v) is 4.05. The zero-order valence-electron chi connectivity index (χ0n) is 9.52. The Morgan fingerprint density at radius 2 is 1.79 bits per heavy atom. The van der Waals surface area contributed by atoms with Gasteiger partial charge in [0.1, 0.15) is 11.8 Å². The zero-order chi connectivity index (χ0) is 13.8. The molecule has 92 valence electrons. The number of hydrogen-bond donors (Lipinski definition) is 0. The molecule has 0 spiro atoms. The van der Waals surface area contributed by atoms with Gasteiger partial charge in [0.2, 0.25) is 0 Å². The number of nitrogens with zero attached hydrogens (tertiary/aromatic N) is 2. The first kappa shape index (κ1) is 12.9. The van der Waals surface area contributed by atoms with Crippen molar-refractivity contribution in [1.29, 1.82) is 10.5 Å². The highest BCUT2D eigenvalue weighted by atomic mass is 35.5. The van der Waals surface area contributed by atoms with Crippen molar-refractivity contribution in [3.05, 3.63) is 58.4 Å². The molecule has 0 atom stereocenters. The molecule has 2 aromatic carbocycles. The smallest absolute Gasteiger partial charge is 0.167 e. The van der Waals surface area contributed by atoms with Crippen molar-refractivity contribution in [1.82, 2.24) is 0 Å². The van der Waals surface area contributed by atoms with Crippen molar-refractivity contribution in [2.75, 3.05) is 0 Å². The molecule has 0 bridgehead atoms. The minimum absolute atomic E-state index is 0.0715. The lowest BCUT2D eigenvalue weighted by atomic mass is 10.2. The van der Waals surface area contributed by atoms with Crippen molar-refractivity contribution in [2.24, 2.45) is 0 Å². The van der Waals surface area contributed by atoms with Gasteiger partial charge in [0.25, 0.3) is 0 Å². The summed E-state index contributed by atoms with van der Waals surface area (Å²) in [5, 5.41) is 17.9. The Labute approximate surface area is 114 Å². The normalized spacial score (nSPS) is 9.47. The minimum Gasteiger partial charge on any atom is -0.453 e. The summed E-state index contributed by atoms with van der Waals surface area (Å²) in [5.41, 5.74) is 0.435. The molecule has 0 saturated heterocycles. The number of benzene rings is 2. The van der Waals surface area contributed by atoms with Gasteiger partial charge in [0.15, 0.2) is 11.6 Å². The van der Waals surface area contributed by atoms with Crippen LogP contribution in [-0.2, 0) is 0 Å². The fraction of sp³-hybridized carbons (Fsp3) is 0. The van der Waals surface area contributed by atoms with Gasteiger partial charge in [-0.2, -0.15) is 10.5 Å². The molecule has 0 N–H and O–H groups in total. The van der Waals surface area contributed by atoms with E-state index in [2.05, 4.69) is 0 Å². The van der Waals surface area contributed by atoms with Crippen LogP contribution < -0.4 is 4.74 Å². The number of rotatable bonds is 2. The first-order valence-electron chi connectivity index (χ1n) is 5.21. The summed E-state index contributed by atoms with van der Waals surface area (Å²) >= 11 is 5.80. The molecular weight excluding hydrogens is 267 g/mol. The monoisotopic (exact) mass is 272 g/mol. The maximum Gasteiger partial charge on any atom is 0.167 e. The molecule has 0 saturated carbocycles. The lowest BCUT2D eigenvalue weighted by molar-refractivity contribution is 0.441. The Hall–Kier alpha value is -2.56. The van der Waals surface area contributed by atoms with Gasteiger partial charge in [-0.05, 0) is 30.3 Å². The first-order valence-corrected chi connectivity index (χ1v) is 5.59. The number of nitriles is 2. The maximum atomic E-state index is 13.7. The van der Waals surface area contributed by atoms with Crippen LogP contribution >= 0.6 is 11.6 Å². The van der Waals surface area contributed by atoms with Gasteiger partial charge >= 0.3 is 0 Å². The molecule has 0 aliphatic carbocycles. The van der Waals surface area contributed by atoms with Gasteiger partial charge in [-0.25, -0.2) is 4.39 Å². The average molecular weight is 273 g/mol.